The Hall–Kier alpha value is -3.68. The Kier molecular flexibility index (Phi) is 5.22. The lowest BCUT2D eigenvalue weighted by atomic mass is 9.85. The van der Waals surface area contributed by atoms with Crippen molar-refractivity contribution in [3.8, 4) is 22.9 Å². The number of amides is 1. The minimum atomic E-state index is -0.259. The minimum Gasteiger partial charge on any atom is -0.486 e. The average Bonchev–Trinajstić information content (AvgIpc) is 3.26. The smallest absolute Gasteiger partial charge is 0.248 e. The Morgan fingerprint density at radius 2 is 1.90 bits per heavy atom. The lowest BCUT2D eigenvalue weighted by molar-refractivity contribution is -0.111. The van der Waals surface area contributed by atoms with Crippen molar-refractivity contribution in [2.45, 2.75) is 26.2 Å². The predicted octanol–water partition coefficient (Wildman–Crippen LogP) is 3.59. The zero-order valence-electron chi connectivity index (χ0n) is 17.1. The fraction of sp³-hybridized carbons (Fsp3) is 0.273. The SMILES string of the molecule is CC(C)(C)c1ccc(C=CC(=O)Nc2ccc3c(c2)OCCO3)c(-c2nn[nH]n2)c1. The molecule has 1 aliphatic rings. The Morgan fingerprint density at radius 1 is 1.10 bits per heavy atom. The van der Waals surface area contributed by atoms with Gasteiger partial charge in [-0.1, -0.05) is 32.9 Å². The number of H-pyrrole nitrogens is 1. The van der Waals surface area contributed by atoms with E-state index >= 15 is 0 Å². The molecule has 0 saturated heterocycles. The Labute approximate surface area is 174 Å². The molecule has 0 saturated carbocycles. The molecule has 0 radical (unpaired) electrons. The number of hydrogen-bond donors (Lipinski definition) is 2. The van der Waals surface area contributed by atoms with E-state index in [1.54, 1.807) is 24.3 Å². The molecule has 8 nitrogen and oxygen atoms in total. The van der Waals surface area contributed by atoms with Gasteiger partial charge in [0.1, 0.15) is 13.2 Å². The summed E-state index contributed by atoms with van der Waals surface area (Å²) in [6, 6.07) is 11.4. The Balaban J connectivity index is 1.55. The molecule has 1 aliphatic heterocycles. The Bertz CT molecular complexity index is 1080. The van der Waals surface area contributed by atoms with E-state index in [1.165, 1.54) is 6.08 Å². The van der Waals surface area contributed by atoms with Crippen LogP contribution in [0.25, 0.3) is 17.5 Å². The molecule has 8 heteroatoms. The first-order valence-corrected chi connectivity index (χ1v) is 9.67. The van der Waals surface area contributed by atoms with Crippen molar-refractivity contribution in [1.82, 2.24) is 20.6 Å². The van der Waals surface area contributed by atoms with Gasteiger partial charge >= 0.3 is 0 Å². The number of tetrazole rings is 1. The third kappa shape index (κ3) is 4.32. The van der Waals surface area contributed by atoms with Gasteiger partial charge in [-0.15, -0.1) is 10.2 Å². The predicted molar refractivity (Wildman–Crippen MR) is 113 cm³/mol. The highest BCUT2D eigenvalue weighted by atomic mass is 16.6. The standard InChI is InChI=1S/C22H23N5O3/c1-22(2,3)15-6-4-14(17(12-15)21-24-26-27-25-21)5-9-20(28)23-16-7-8-18-19(13-16)30-11-10-29-18/h4-9,12-13H,10-11H2,1-3H3,(H,23,28)(H,24,25,26,27). The molecule has 0 atom stereocenters. The van der Waals surface area contributed by atoms with E-state index in [9.17, 15) is 4.79 Å². The van der Waals surface area contributed by atoms with Gasteiger partial charge in [0.25, 0.3) is 0 Å². The van der Waals surface area contributed by atoms with Gasteiger partial charge in [-0.2, -0.15) is 5.21 Å². The number of nitrogens with zero attached hydrogens (tertiary/aromatic N) is 3. The maximum atomic E-state index is 12.5. The number of carbonyl (C=O) groups is 1. The second-order valence-corrected chi connectivity index (χ2v) is 7.97. The van der Waals surface area contributed by atoms with Gasteiger partial charge < -0.3 is 14.8 Å². The van der Waals surface area contributed by atoms with Crippen LogP contribution in [0.2, 0.25) is 0 Å². The van der Waals surface area contributed by atoms with E-state index in [-0.39, 0.29) is 11.3 Å². The van der Waals surface area contributed by atoms with Crippen molar-refractivity contribution in [3.63, 3.8) is 0 Å². The highest BCUT2D eigenvalue weighted by Crippen LogP contribution is 2.33. The van der Waals surface area contributed by atoms with E-state index in [0.717, 1.165) is 16.7 Å². The largest absolute Gasteiger partial charge is 0.486 e. The van der Waals surface area contributed by atoms with E-state index in [4.69, 9.17) is 9.47 Å². The summed E-state index contributed by atoms with van der Waals surface area (Å²) in [4.78, 5) is 12.5. The number of aromatic amines is 1. The second kappa shape index (κ2) is 7.98. The lowest BCUT2D eigenvalue weighted by Gasteiger charge is -2.20. The number of ether oxygens (including phenoxy) is 2. The average molecular weight is 405 g/mol. The summed E-state index contributed by atoms with van der Waals surface area (Å²) in [5.74, 6) is 1.53. The maximum absolute atomic E-state index is 12.5. The van der Waals surface area contributed by atoms with E-state index in [2.05, 4.69) is 46.7 Å². The third-order valence-electron chi connectivity index (χ3n) is 4.73. The van der Waals surface area contributed by atoms with Crippen LogP contribution in [-0.2, 0) is 10.2 Å². The van der Waals surface area contributed by atoms with Crippen LogP contribution in [0.15, 0.2) is 42.5 Å². The molecule has 0 spiro atoms. The van der Waals surface area contributed by atoms with Crippen LogP contribution in [0.5, 0.6) is 11.5 Å². The number of rotatable bonds is 4. The molecule has 1 amide bonds. The van der Waals surface area contributed by atoms with Gasteiger partial charge in [-0.05, 0) is 46.0 Å². The number of carbonyl (C=O) groups excluding carboxylic acids is 1. The molecule has 2 heterocycles. The van der Waals surface area contributed by atoms with Crippen LogP contribution in [0, 0.1) is 0 Å². The molecule has 154 valence electrons. The summed E-state index contributed by atoms with van der Waals surface area (Å²) in [6.07, 6.45) is 3.22. The van der Waals surface area contributed by atoms with E-state index in [1.807, 2.05) is 18.2 Å². The number of aromatic nitrogens is 4. The van der Waals surface area contributed by atoms with Gasteiger partial charge in [0, 0.05) is 23.4 Å². The summed E-state index contributed by atoms with van der Waals surface area (Å²) in [5, 5.41) is 17.2. The summed E-state index contributed by atoms with van der Waals surface area (Å²) in [5.41, 5.74) is 3.37. The molecule has 3 aromatic rings. The van der Waals surface area contributed by atoms with Crippen LogP contribution in [0.4, 0.5) is 5.69 Å². The first-order valence-electron chi connectivity index (χ1n) is 9.67. The van der Waals surface area contributed by atoms with Crippen LogP contribution in [0.1, 0.15) is 31.9 Å². The molecule has 0 unspecified atom stereocenters. The minimum absolute atomic E-state index is 0.0314. The van der Waals surface area contributed by atoms with E-state index < -0.39 is 0 Å². The zero-order valence-corrected chi connectivity index (χ0v) is 17.1. The topological polar surface area (TPSA) is 102 Å². The van der Waals surface area contributed by atoms with Crippen LogP contribution < -0.4 is 14.8 Å². The monoisotopic (exact) mass is 405 g/mol. The first kappa shape index (κ1) is 19.6. The number of hydrogen-bond acceptors (Lipinski definition) is 6. The molecule has 0 aliphatic carbocycles. The van der Waals surface area contributed by atoms with Gasteiger partial charge in [0.15, 0.2) is 11.5 Å². The van der Waals surface area contributed by atoms with Gasteiger partial charge in [-0.25, -0.2) is 0 Å². The first-order chi connectivity index (χ1) is 14.4. The van der Waals surface area contributed by atoms with Crippen molar-refractivity contribution in [1.29, 1.82) is 0 Å². The molecular formula is C22H23N5O3. The maximum Gasteiger partial charge on any atom is 0.248 e. The molecule has 1 aromatic heterocycles. The molecular weight excluding hydrogens is 382 g/mol. The van der Waals surface area contributed by atoms with Crippen molar-refractivity contribution in [2.75, 3.05) is 18.5 Å². The highest BCUT2D eigenvalue weighted by Gasteiger charge is 2.17. The fourth-order valence-electron chi connectivity index (χ4n) is 3.11. The number of benzene rings is 2. The second-order valence-electron chi connectivity index (χ2n) is 7.97. The Morgan fingerprint density at radius 3 is 2.63 bits per heavy atom. The zero-order chi connectivity index (χ0) is 21.1. The number of fused-ring (bicyclic) bond motifs is 1. The molecule has 2 N–H and O–H groups in total. The van der Waals surface area contributed by atoms with Crippen LogP contribution in [0.3, 0.4) is 0 Å². The van der Waals surface area contributed by atoms with Gasteiger partial charge in [0.2, 0.25) is 11.7 Å². The number of nitrogens with one attached hydrogen (secondary N) is 2. The normalized spacial score (nSPS) is 13.4. The van der Waals surface area contributed by atoms with Crippen molar-refractivity contribution < 1.29 is 14.3 Å². The summed E-state index contributed by atoms with van der Waals surface area (Å²) in [6.45, 7) is 7.43. The highest BCUT2D eigenvalue weighted by molar-refractivity contribution is 6.02. The number of anilines is 1. The van der Waals surface area contributed by atoms with Crippen molar-refractivity contribution in [3.05, 3.63) is 53.6 Å². The van der Waals surface area contributed by atoms with Crippen molar-refractivity contribution in [2.24, 2.45) is 0 Å². The lowest BCUT2D eigenvalue weighted by Crippen LogP contribution is -2.16. The van der Waals surface area contributed by atoms with E-state index in [0.29, 0.717) is 36.2 Å². The van der Waals surface area contributed by atoms with Crippen molar-refractivity contribution >= 4 is 17.7 Å². The summed E-state index contributed by atoms with van der Waals surface area (Å²) in [7, 11) is 0. The summed E-state index contributed by atoms with van der Waals surface area (Å²) < 4.78 is 11.1. The quantitative estimate of drug-likeness (QED) is 0.643. The summed E-state index contributed by atoms with van der Waals surface area (Å²) >= 11 is 0. The third-order valence-corrected chi connectivity index (χ3v) is 4.73. The van der Waals surface area contributed by atoms with Crippen LogP contribution in [-0.4, -0.2) is 39.7 Å². The van der Waals surface area contributed by atoms with Gasteiger partial charge in [-0.3, -0.25) is 4.79 Å². The molecule has 0 fully saturated rings. The van der Waals surface area contributed by atoms with Gasteiger partial charge in [0.05, 0.1) is 0 Å². The molecule has 0 bridgehead atoms. The molecule has 2 aromatic carbocycles. The fourth-order valence-corrected chi connectivity index (χ4v) is 3.11. The molecule has 30 heavy (non-hydrogen) atoms. The van der Waals surface area contributed by atoms with Crippen LogP contribution >= 0.6 is 0 Å². The molecule has 4 rings (SSSR count).